The van der Waals surface area contributed by atoms with E-state index in [0.29, 0.717) is 23.4 Å². The lowest BCUT2D eigenvalue weighted by Crippen LogP contribution is -2.31. The topological polar surface area (TPSA) is 77.9 Å². The number of para-hydroxylation sites is 3. The van der Waals surface area contributed by atoms with Gasteiger partial charge in [0.05, 0.1) is 31.1 Å². The predicted octanol–water partition coefficient (Wildman–Crippen LogP) is 4.06. The fourth-order valence-electron chi connectivity index (χ4n) is 4.76. The smallest absolute Gasteiger partial charge is 0.264 e. The van der Waals surface area contributed by atoms with Crippen molar-refractivity contribution in [1.29, 1.82) is 0 Å². The number of aliphatic hydroxyl groups is 1. The molecule has 168 valence electrons. The first-order valence-corrected chi connectivity index (χ1v) is 11.3. The van der Waals surface area contributed by atoms with Crippen molar-refractivity contribution in [3.8, 4) is 5.69 Å². The van der Waals surface area contributed by atoms with E-state index < -0.39 is 6.10 Å². The van der Waals surface area contributed by atoms with Crippen LogP contribution in [0.25, 0.3) is 38.5 Å². The Morgan fingerprint density at radius 2 is 1.38 bits per heavy atom. The summed E-state index contributed by atoms with van der Waals surface area (Å²) in [5.41, 5.74) is 3.27. The molecule has 0 saturated carbocycles. The van der Waals surface area contributed by atoms with E-state index in [4.69, 9.17) is 0 Å². The Labute approximate surface area is 195 Å². The normalized spacial score (nSPS) is 12.6. The third-order valence-corrected chi connectivity index (χ3v) is 6.34. The van der Waals surface area contributed by atoms with Crippen LogP contribution in [0.2, 0.25) is 0 Å². The van der Waals surface area contributed by atoms with E-state index in [9.17, 15) is 9.90 Å². The average Bonchev–Trinajstić information content (AvgIpc) is 3.42. The number of hydrogen-bond donors (Lipinski definition) is 1. The molecule has 6 rings (SSSR count). The van der Waals surface area contributed by atoms with E-state index in [1.54, 1.807) is 17.8 Å². The summed E-state index contributed by atoms with van der Waals surface area (Å²) in [6.45, 7) is 2.29. The van der Waals surface area contributed by atoms with E-state index >= 15 is 0 Å². The molecule has 0 aliphatic rings. The molecule has 1 unspecified atom stereocenters. The van der Waals surface area contributed by atoms with E-state index in [2.05, 4.69) is 38.9 Å². The molecular formula is C27H23N5O2. The first kappa shape index (κ1) is 20.4. The molecule has 1 N–H and O–H groups in total. The summed E-state index contributed by atoms with van der Waals surface area (Å²) in [4.78, 5) is 18.0. The third-order valence-electron chi connectivity index (χ3n) is 6.34. The van der Waals surface area contributed by atoms with Crippen molar-refractivity contribution in [3.05, 3.63) is 101 Å². The summed E-state index contributed by atoms with van der Waals surface area (Å²) < 4.78 is 5.33. The van der Waals surface area contributed by atoms with E-state index in [0.717, 1.165) is 27.5 Å². The van der Waals surface area contributed by atoms with Gasteiger partial charge in [0.1, 0.15) is 11.2 Å². The second-order valence-electron chi connectivity index (χ2n) is 8.50. The van der Waals surface area contributed by atoms with Gasteiger partial charge in [-0.3, -0.25) is 9.36 Å². The Balaban J connectivity index is 1.37. The maximum atomic E-state index is 13.3. The van der Waals surface area contributed by atoms with Crippen LogP contribution in [-0.4, -0.2) is 35.1 Å². The van der Waals surface area contributed by atoms with Gasteiger partial charge in [-0.05, 0) is 31.2 Å². The molecule has 0 spiro atoms. The minimum atomic E-state index is -0.779. The summed E-state index contributed by atoms with van der Waals surface area (Å²) in [6.07, 6.45) is 0.770. The number of benzene rings is 3. The van der Waals surface area contributed by atoms with Gasteiger partial charge in [0.25, 0.3) is 5.56 Å². The van der Waals surface area contributed by atoms with E-state index in [1.807, 2.05) is 54.6 Å². The Bertz CT molecular complexity index is 1660. The maximum Gasteiger partial charge on any atom is 0.264 e. The molecule has 3 heterocycles. The van der Waals surface area contributed by atoms with Crippen LogP contribution in [0.4, 0.5) is 0 Å². The van der Waals surface area contributed by atoms with Crippen LogP contribution >= 0.6 is 0 Å². The Hall–Kier alpha value is -4.23. The van der Waals surface area contributed by atoms with Gasteiger partial charge in [-0.25, -0.2) is 9.67 Å². The zero-order chi connectivity index (χ0) is 23.2. The number of hydrogen-bond acceptors (Lipinski definition) is 4. The zero-order valence-electron chi connectivity index (χ0n) is 18.7. The molecule has 7 heteroatoms. The minimum Gasteiger partial charge on any atom is -0.389 e. The first-order chi connectivity index (χ1) is 16.6. The molecule has 7 nitrogen and oxygen atoms in total. The van der Waals surface area contributed by atoms with Crippen LogP contribution < -0.4 is 5.56 Å². The van der Waals surface area contributed by atoms with Gasteiger partial charge in [0.2, 0.25) is 0 Å². The molecule has 0 aliphatic carbocycles. The zero-order valence-corrected chi connectivity index (χ0v) is 18.7. The first-order valence-electron chi connectivity index (χ1n) is 11.3. The molecule has 6 aromatic rings. The van der Waals surface area contributed by atoms with Gasteiger partial charge < -0.3 is 9.67 Å². The predicted molar refractivity (Wildman–Crippen MR) is 133 cm³/mol. The fourth-order valence-corrected chi connectivity index (χ4v) is 4.76. The molecule has 3 aromatic heterocycles. The molecule has 0 fully saturated rings. The number of rotatable bonds is 5. The highest BCUT2D eigenvalue weighted by Crippen LogP contribution is 2.29. The molecule has 0 aliphatic heterocycles. The summed E-state index contributed by atoms with van der Waals surface area (Å²) >= 11 is 0. The van der Waals surface area contributed by atoms with Crippen LogP contribution in [0, 0.1) is 6.92 Å². The maximum absolute atomic E-state index is 13.3. The fraction of sp³-hybridized carbons (Fsp3) is 0.148. The molecule has 34 heavy (non-hydrogen) atoms. The second kappa shape index (κ2) is 7.97. The monoisotopic (exact) mass is 449 g/mol. The van der Waals surface area contributed by atoms with Gasteiger partial charge >= 0.3 is 0 Å². The number of aromatic nitrogens is 5. The molecule has 3 aromatic carbocycles. The van der Waals surface area contributed by atoms with Crippen molar-refractivity contribution in [1.82, 2.24) is 23.9 Å². The standard InChI is InChI=1S/C27H23N5O2/c1-18-29-26-23(15-28-32(26)19-9-3-2-4-10-19)27(34)30(18)16-20(33)17-31-24-13-7-5-11-21(24)22-12-6-8-14-25(22)31/h2-15,20,33H,16-17H2,1H3. The minimum absolute atomic E-state index is 0.144. The summed E-state index contributed by atoms with van der Waals surface area (Å²) in [5, 5.41) is 18.2. The van der Waals surface area contributed by atoms with Crippen molar-refractivity contribution < 1.29 is 5.11 Å². The van der Waals surface area contributed by atoms with Crippen molar-refractivity contribution in [2.45, 2.75) is 26.1 Å². The number of nitrogens with zero attached hydrogens (tertiary/aromatic N) is 5. The highest BCUT2D eigenvalue weighted by molar-refractivity contribution is 6.07. The van der Waals surface area contributed by atoms with E-state index in [1.165, 1.54) is 4.57 Å². The SMILES string of the molecule is Cc1nc2c(cnn2-c2ccccc2)c(=O)n1CC(O)Cn1c2ccccc2c2ccccc21. The highest BCUT2D eigenvalue weighted by atomic mass is 16.3. The number of aliphatic hydroxyl groups excluding tert-OH is 1. The molecular weight excluding hydrogens is 426 g/mol. The lowest BCUT2D eigenvalue weighted by atomic mass is 10.2. The number of aryl methyl sites for hydroxylation is 1. The molecule has 0 amide bonds. The van der Waals surface area contributed by atoms with Crippen LogP contribution in [0.3, 0.4) is 0 Å². The Morgan fingerprint density at radius 3 is 2.06 bits per heavy atom. The summed E-state index contributed by atoms with van der Waals surface area (Å²) in [5.74, 6) is 0.538. The van der Waals surface area contributed by atoms with Crippen molar-refractivity contribution >= 4 is 32.8 Å². The quantitative estimate of drug-likeness (QED) is 0.431. The largest absolute Gasteiger partial charge is 0.389 e. The Morgan fingerprint density at radius 1 is 0.794 bits per heavy atom. The van der Waals surface area contributed by atoms with Gasteiger partial charge in [-0.2, -0.15) is 5.10 Å². The summed E-state index contributed by atoms with van der Waals surface area (Å²) in [7, 11) is 0. The molecule has 0 radical (unpaired) electrons. The lowest BCUT2D eigenvalue weighted by molar-refractivity contribution is 0.135. The Kier molecular flexibility index (Phi) is 4.78. The van der Waals surface area contributed by atoms with Crippen LogP contribution in [-0.2, 0) is 13.1 Å². The average molecular weight is 450 g/mol. The van der Waals surface area contributed by atoms with Gasteiger partial charge in [-0.1, -0.05) is 54.6 Å². The van der Waals surface area contributed by atoms with Crippen LogP contribution in [0.15, 0.2) is 89.9 Å². The molecule has 1 atom stereocenters. The van der Waals surface area contributed by atoms with Gasteiger partial charge in [0, 0.05) is 21.8 Å². The summed E-state index contributed by atoms with van der Waals surface area (Å²) in [6, 6.07) is 26.0. The van der Waals surface area contributed by atoms with Crippen LogP contribution in [0.1, 0.15) is 5.82 Å². The van der Waals surface area contributed by atoms with Crippen molar-refractivity contribution in [2.75, 3.05) is 0 Å². The van der Waals surface area contributed by atoms with Crippen LogP contribution in [0.5, 0.6) is 0 Å². The number of fused-ring (bicyclic) bond motifs is 4. The third kappa shape index (κ3) is 3.21. The lowest BCUT2D eigenvalue weighted by Gasteiger charge is -2.17. The molecule has 0 bridgehead atoms. The van der Waals surface area contributed by atoms with E-state index in [-0.39, 0.29) is 12.1 Å². The second-order valence-corrected chi connectivity index (χ2v) is 8.50. The highest BCUT2D eigenvalue weighted by Gasteiger charge is 2.18. The van der Waals surface area contributed by atoms with Crippen molar-refractivity contribution in [3.63, 3.8) is 0 Å². The molecule has 0 saturated heterocycles. The van der Waals surface area contributed by atoms with Gasteiger partial charge in [0.15, 0.2) is 5.65 Å². The van der Waals surface area contributed by atoms with Gasteiger partial charge in [-0.15, -0.1) is 0 Å². The van der Waals surface area contributed by atoms with Crippen molar-refractivity contribution in [2.24, 2.45) is 0 Å².